The summed E-state index contributed by atoms with van der Waals surface area (Å²) in [6, 6.07) is 17.6. The highest BCUT2D eigenvalue weighted by Crippen LogP contribution is 2.37. The SMILES string of the molecule is CCC(=O)[C@H]1NCCC1(NS(=O)(=O)c1ccccc1)c1cccc(NS(=O)(=O)c2cccc([N+](=O)[O-])c2)c1. The molecular weight excluding hydrogens is 532 g/mol. The monoisotopic (exact) mass is 558 g/mol. The Kier molecular flexibility index (Phi) is 7.65. The fourth-order valence-corrected chi connectivity index (χ4v) is 7.08. The zero-order valence-electron chi connectivity index (χ0n) is 20.3. The summed E-state index contributed by atoms with van der Waals surface area (Å²) in [6.07, 6.45) is 0.391. The van der Waals surface area contributed by atoms with Gasteiger partial charge in [0.25, 0.3) is 15.7 Å². The number of rotatable bonds is 10. The number of non-ortho nitro benzene ring substituents is 1. The van der Waals surface area contributed by atoms with Gasteiger partial charge >= 0.3 is 0 Å². The maximum absolute atomic E-state index is 13.4. The number of Topliss-reactive ketones (excluding diaryl/α,β-unsaturated/α-hetero) is 1. The lowest BCUT2D eigenvalue weighted by Crippen LogP contribution is -2.56. The molecule has 1 unspecified atom stereocenters. The van der Waals surface area contributed by atoms with E-state index in [1.165, 1.54) is 42.5 Å². The minimum atomic E-state index is -4.22. The van der Waals surface area contributed by atoms with Crippen molar-refractivity contribution in [3.63, 3.8) is 0 Å². The van der Waals surface area contributed by atoms with Crippen LogP contribution in [-0.4, -0.2) is 40.1 Å². The second kappa shape index (κ2) is 10.6. The number of hydrogen-bond acceptors (Lipinski definition) is 8. The summed E-state index contributed by atoms with van der Waals surface area (Å²) in [6.45, 7) is 2.03. The zero-order valence-corrected chi connectivity index (χ0v) is 22.0. The zero-order chi connectivity index (χ0) is 27.6. The second-order valence-corrected chi connectivity index (χ2v) is 12.2. The van der Waals surface area contributed by atoms with Gasteiger partial charge < -0.3 is 5.32 Å². The van der Waals surface area contributed by atoms with Crippen LogP contribution in [0.25, 0.3) is 0 Å². The first-order valence-corrected chi connectivity index (χ1v) is 14.7. The van der Waals surface area contributed by atoms with Crippen LogP contribution >= 0.6 is 0 Å². The molecule has 0 radical (unpaired) electrons. The van der Waals surface area contributed by atoms with E-state index in [1.54, 1.807) is 37.3 Å². The van der Waals surface area contributed by atoms with Crippen molar-refractivity contribution in [2.75, 3.05) is 11.3 Å². The molecule has 1 aliphatic heterocycles. The molecule has 0 aromatic heterocycles. The van der Waals surface area contributed by atoms with Crippen molar-refractivity contribution in [1.82, 2.24) is 10.0 Å². The van der Waals surface area contributed by atoms with Crippen LogP contribution < -0.4 is 14.8 Å². The normalized spacial score (nSPS) is 19.7. The summed E-state index contributed by atoms with van der Waals surface area (Å²) in [5.41, 5.74) is -1.29. The van der Waals surface area contributed by atoms with Gasteiger partial charge in [-0.1, -0.05) is 43.3 Å². The fourth-order valence-electron chi connectivity index (χ4n) is 4.54. The predicted octanol–water partition coefficient (Wildman–Crippen LogP) is 2.91. The van der Waals surface area contributed by atoms with E-state index >= 15 is 0 Å². The molecule has 0 aliphatic carbocycles. The summed E-state index contributed by atoms with van der Waals surface area (Å²) >= 11 is 0. The maximum Gasteiger partial charge on any atom is 0.270 e. The van der Waals surface area contributed by atoms with Crippen LogP contribution in [0.4, 0.5) is 11.4 Å². The van der Waals surface area contributed by atoms with Gasteiger partial charge in [-0.2, -0.15) is 4.72 Å². The summed E-state index contributed by atoms with van der Waals surface area (Å²) < 4.78 is 58.0. The molecule has 0 bridgehead atoms. The average Bonchev–Trinajstić information content (AvgIpc) is 3.32. The lowest BCUT2D eigenvalue weighted by molar-refractivity contribution is -0.385. The molecule has 1 aliphatic rings. The molecule has 2 atom stereocenters. The van der Waals surface area contributed by atoms with E-state index in [4.69, 9.17) is 0 Å². The predicted molar refractivity (Wildman–Crippen MR) is 140 cm³/mol. The number of benzene rings is 3. The quantitative estimate of drug-likeness (QED) is 0.252. The van der Waals surface area contributed by atoms with E-state index in [9.17, 15) is 31.7 Å². The number of nitrogens with one attached hydrogen (secondary N) is 3. The summed E-state index contributed by atoms with van der Waals surface area (Å²) in [7, 11) is -8.29. The van der Waals surface area contributed by atoms with Gasteiger partial charge in [0, 0.05) is 24.2 Å². The van der Waals surface area contributed by atoms with Crippen LogP contribution in [0.1, 0.15) is 25.3 Å². The second-order valence-electron chi connectivity index (χ2n) is 8.79. The Morgan fingerprint density at radius 2 is 1.66 bits per heavy atom. The maximum atomic E-state index is 13.4. The minimum Gasteiger partial charge on any atom is -0.306 e. The van der Waals surface area contributed by atoms with Crippen molar-refractivity contribution in [1.29, 1.82) is 0 Å². The number of sulfonamides is 2. The number of carbonyl (C=O) groups excluding carboxylic acids is 1. The highest BCUT2D eigenvalue weighted by atomic mass is 32.2. The highest BCUT2D eigenvalue weighted by Gasteiger charge is 2.50. The summed E-state index contributed by atoms with van der Waals surface area (Å²) in [5.74, 6) is -0.208. The molecule has 0 saturated carbocycles. The topological polar surface area (TPSA) is 165 Å². The first-order valence-electron chi connectivity index (χ1n) is 11.7. The van der Waals surface area contributed by atoms with Gasteiger partial charge in [0.1, 0.15) is 0 Å². The third-order valence-electron chi connectivity index (χ3n) is 6.37. The molecule has 200 valence electrons. The number of nitro groups is 1. The molecule has 3 aromatic carbocycles. The molecule has 0 spiro atoms. The third kappa shape index (κ3) is 5.45. The Labute approximate surface area is 220 Å². The van der Waals surface area contributed by atoms with Crippen molar-refractivity contribution < 1.29 is 26.6 Å². The van der Waals surface area contributed by atoms with E-state index in [2.05, 4.69) is 14.8 Å². The van der Waals surface area contributed by atoms with Gasteiger partial charge in [-0.15, -0.1) is 0 Å². The molecule has 1 saturated heterocycles. The first-order chi connectivity index (χ1) is 18.0. The molecular formula is C25H26N4O7S2. The van der Waals surface area contributed by atoms with Gasteiger partial charge in [-0.05, 0) is 48.9 Å². The van der Waals surface area contributed by atoms with Crippen LogP contribution in [0, 0.1) is 10.1 Å². The van der Waals surface area contributed by atoms with E-state index < -0.39 is 36.6 Å². The Hall–Kier alpha value is -3.65. The third-order valence-corrected chi connectivity index (χ3v) is 9.27. The summed E-state index contributed by atoms with van der Waals surface area (Å²) in [5, 5.41) is 14.2. The first kappa shape index (κ1) is 27.4. The fraction of sp³-hybridized carbons (Fsp3) is 0.240. The van der Waals surface area contributed by atoms with Crippen molar-refractivity contribution in [3.05, 3.63) is 94.5 Å². The van der Waals surface area contributed by atoms with Gasteiger partial charge in [0.2, 0.25) is 10.0 Å². The Morgan fingerprint density at radius 1 is 0.974 bits per heavy atom. The molecule has 11 nitrogen and oxygen atoms in total. The number of carbonyl (C=O) groups is 1. The van der Waals surface area contributed by atoms with E-state index in [1.807, 2.05) is 0 Å². The number of nitro benzene ring substituents is 1. The van der Waals surface area contributed by atoms with Crippen molar-refractivity contribution in [2.45, 2.75) is 41.1 Å². The molecule has 13 heteroatoms. The van der Waals surface area contributed by atoms with Crippen molar-refractivity contribution in [2.24, 2.45) is 0 Å². The molecule has 0 amide bonds. The van der Waals surface area contributed by atoms with Crippen LogP contribution in [-0.2, 0) is 30.4 Å². The number of nitrogens with zero attached hydrogens (tertiary/aromatic N) is 1. The number of anilines is 1. The molecule has 38 heavy (non-hydrogen) atoms. The average molecular weight is 559 g/mol. The Bertz CT molecular complexity index is 1580. The Morgan fingerprint density at radius 3 is 2.34 bits per heavy atom. The van der Waals surface area contributed by atoms with Gasteiger partial charge in [-0.3, -0.25) is 19.6 Å². The summed E-state index contributed by atoms with van der Waals surface area (Å²) in [4.78, 5) is 23.1. The minimum absolute atomic E-state index is 0.0245. The van der Waals surface area contributed by atoms with Gasteiger partial charge in [0.15, 0.2) is 5.78 Å². The molecule has 1 fully saturated rings. The van der Waals surface area contributed by atoms with Gasteiger partial charge in [0.05, 0.1) is 26.3 Å². The van der Waals surface area contributed by atoms with Crippen LogP contribution in [0.15, 0.2) is 88.7 Å². The number of ketones is 1. The molecule has 3 aromatic rings. The van der Waals surface area contributed by atoms with E-state index in [0.717, 1.165) is 6.07 Å². The molecule has 3 N–H and O–H groups in total. The van der Waals surface area contributed by atoms with E-state index in [0.29, 0.717) is 12.1 Å². The standard InChI is InChI=1S/C25H26N4O7S2/c1-2-23(30)24-25(14-15-26-24,28-38(35,36)21-11-4-3-5-12-21)18-8-6-9-19(16-18)27-37(33,34)22-13-7-10-20(17-22)29(31)32/h3-13,16-17,24,26-28H,2,14-15H2,1H3/t24-,25?/m1/s1. The van der Waals surface area contributed by atoms with Gasteiger partial charge in [-0.25, -0.2) is 16.8 Å². The van der Waals surface area contributed by atoms with Crippen molar-refractivity contribution in [3.8, 4) is 0 Å². The smallest absolute Gasteiger partial charge is 0.270 e. The lowest BCUT2D eigenvalue weighted by atomic mass is 9.81. The Balaban J connectivity index is 1.76. The van der Waals surface area contributed by atoms with Crippen molar-refractivity contribution >= 4 is 37.2 Å². The molecule has 4 rings (SSSR count). The number of hydrogen-bond donors (Lipinski definition) is 3. The lowest BCUT2D eigenvalue weighted by Gasteiger charge is -2.35. The van der Waals surface area contributed by atoms with Crippen LogP contribution in [0.5, 0.6) is 0 Å². The van der Waals surface area contributed by atoms with E-state index in [-0.39, 0.29) is 39.8 Å². The largest absolute Gasteiger partial charge is 0.306 e. The van der Waals surface area contributed by atoms with Crippen LogP contribution in [0.3, 0.4) is 0 Å². The highest BCUT2D eigenvalue weighted by molar-refractivity contribution is 7.92. The molecule has 1 heterocycles. The van der Waals surface area contributed by atoms with Crippen LogP contribution in [0.2, 0.25) is 0 Å².